The summed E-state index contributed by atoms with van der Waals surface area (Å²) in [5.74, 6) is -0.441. The van der Waals surface area contributed by atoms with Crippen molar-refractivity contribution in [3.63, 3.8) is 0 Å². The number of unbranched alkanes of at least 4 members (excludes halogenated alkanes) is 3. The summed E-state index contributed by atoms with van der Waals surface area (Å²) in [4.78, 5) is 23.3. The number of amides is 1. The first-order chi connectivity index (χ1) is 11.8. The van der Waals surface area contributed by atoms with Crippen molar-refractivity contribution < 1.29 is 14.7 Å². The van der Waals surface area contributed by atoms with Crippen LogP contribution in [0.5, 0.6) is 0 Å². The van der Waals surface area contributed by atoms with Crippen molar-refractivity contribution in [3.05, 3.63) is 11.8 Å². The van der Waals surface area contributed by atoms with Gasteiger partial charge in [0.15, 0.2) is 0 Å². The third-order valence-corrected chi connectivity index (χ3v) is 5.42. The number of hydrogen-bond acceptors (Lipinski definition) is 6. The summed E-state index contributed by atoms with van der Waals surface area (Å²) >= 11 is 1.60. The number of rotatable bonds is 10. The van der Waals surface area contributed by atoms with Crippen molar-refractivity contribution in [2.75, 3.05) is 5.75 Å². The Kier molecular flexibility index (Phi) is 6.57. The minimum absolute atomic E-state index is 0.00719. The molecule has 0 bridgehead atoms. The van der Waals surface area contributed by atoms with Gasteiger partial charge in [0.2, 0.25) is 11.1 Å². The van der Waals surface area contributed by atoms with Gasteiger partial charge < -0.3 is 10.4 Å². The highest BCUT2D eigenvalue weighted by molar-refractivity contribution is 7.99. The highest BCUT2D eigenvalue weighted by Crippen LogP contribution is 2.51. The first-order valence-electron chi connectivity index (χ1n) is 8.41. The average Bonchev–Trinajstić information content (AvgIpc) is 2.99. The number of aliphatic carboxylic acids is 1. The standard InChI is InChI=1S/C16H25N5O3S/c1-16(2)10-11(16)13(22)17-12(14(23)24)8-6-4-5-7-9-25-15-18-19-20-21(15)3/h8,11H,4-7,9-10H2,1-3H3,(H,17,22)(H,23,24). The number of nitrogens with zero attached hydrogens (tertiary/aromatic N) is 4. The van der Waals surface area contributed by atoms with Crippen LogP contribution in [0, 0.1) is 11.3 Å². The fourth-order valence-corrected chi connectivity index (χ4v) is 3.35. The quantitative estimate of drug-likeness (QED) is 0.370. The van der Waals surface area contributed by atoms with Crippen molar-refractivity contribution in [1.29, 1.82) is 0 Å². The molecule has 1 aromatic rings. The zero-order valence-electron chi connectivity index (χ0n) is 14.9. The first kappa shape index (κ1) is 19.4. The van der Waals surface area contributed by atoms with Crippen molar-refractivity contribution in [3.8, 4) is 0 Å². The van der Waals surface area contributed by atoms with E-state index in [1.165, 1.54) is 0 Å². The van der Waals surface area contributed by atoms with Gasteiger partial charge in [-0.2, -0.15) is 0 Å². The minimum Gasteiger partial charge on any atom is -0.477 e. The highest BCUT2D eigenvalue weighted by atomic mass is 32.2. The second kappa shape index (κ2) is 8.46. The molecule has 0 aromatic carbocycles. The second-order valence-electron chi connectivity index (χ2n) is 6.94. The van der Waals surface area contributed by atoms with Gasteiger partial charge in [-0.1, -0.05) is 38.1 Å². The zero-order chi connectivity index (χ0) is 18.4. The Hall–Kier alpha value is -1.90. The van der Waals surface area contributed by atoms with Crippen LogP contribution in [0.4, 0.5) is 0 Å². The van der Waals surface area contributed by atoms with Crippen molar-refractivity contribution in [1.82, 2.24) is 25.5 Å². The fraction of sp³-hybridized carbons (Fsp3) is 0.688. The van der Waals surface area contributed by atoms with Gasteiger partial charge >= 0.3 is 5.97 Å². The van der Waals surface area contributed by atoms with E-state index in [1.807, 2.05) is 13.8 Å². The molecular weight excluding hydrogens is 342 g/mol. The maximum absolute atomic E-state index is 12.0. The number of carbonyl (C=O) groups excluding carboxylic acids is 1. The Bertz CT molecular complexity index is 656. The molecule has 0 saturated heterocycles. The highest BCUT2D eigenvalue weighted by Gasteiger charge is 2.50. The number of nitrogens with one attached hydrogen (secondary N) is 1. The number of tetrazole rings is 1. The van der Waals surface area contributed by atoms with Crippen LogP contribution in [-0.2, 0) is 16.6 Å². The van der Waals surface area contributed by atoms with E-state index in [0.717, 1.165) is 36.6 Å². The number of carboxylic acids is 1. The van der Waals surface area contributed by atoms with Crippen molar-refractivity contribution in [2.24, 2.45) is 18.4 Å². The molecule has 2 rings (SSSR count). The van der Waals surface area contributed by atoms with E-state index in [0.29, 0.717) is 6.42 Å². The van der Waals surface area contributed by atoms with Gasteiger partial charge in [-0.3, -0.25) is 4.79 Å². The summed E-state index contributed by atoms with van der Waals surface area (Å²) in [6.07, 6.45) is 5.90. The number of carbonyl (C=O) groups is 2. The number of thioether (sulfide) groups is 1. The normalized spacial score (nSPS) is 18.8. The summed E-state index contributed by atoms with van der Waals surface area (Å²) in [5.41, 5.74) is -0.0175. The van der Waals surface area contributed by atoms with E-state index in [4.69, 9.17) is 0 Å². The Morgan fingerprint density at radius 2 is 2.12 bits per heavy atom. The molecule has 8 nitrogen and oxygen atoms in total. The van der Waals surface area contributed by atoms with Gasteiger partial charge in [0, 0.05) is 18.7 Å². The molecule has 2 N–H and O–H groups in total. The van der Waals surface area contributed by atoms with Gasteiger partial charge in [-0.05, 0) is 41.5 Å². The van der Waals surface area contributed by atoms with Crippen LogP contribution in [0.3, 0.4) is 0 Å². The van der Waals surface area contributed by atoms with E-state index < -0.39 is 5.97 Å². The summed E-state index contributed by atoms with van der Waals surface area (Å²) in [6.45, 7) is 4.02. The molecule has 9 heteroatoms. The lowest BCUT2D eigenvalue weighted by atomic mass is 10.1. The molecule has 25 heavy (non-hydrogen) atoms. The van der Waals surface area contributed by atoms with Gasteiger partial charge in [0.05, 0.1) is 0 Å². The molecule has 1 amide bonds. The molecule has 0 radical (unpaired) electrons. The van der Waals surface area contributed by atoms with E-state index in [-0.39, 0.29) is 22.9 Å². The monoisotopic (exact) mass is 367 g/mol. The maximum atomic E-state index is 12.0. The smallest absolute Gasteiger partial charge is 0.352 e. The van der Waals surface area contributed by atoms with Crippen LogP contribution in [-0.4, -0.2) is 42.9 Å². The third-order valence-electron chi connectivity index (χ3n) is 4.33. The van der Waals surface area contributed by atoms with E-state index >= 15 is 0 Å². The Balaban J connectivity index is 1.65. The lowest BCUT2D eigenvalue weighted by Crippen LogP contribution is -2.29. The molecule has 1 atom stereocenters. The van der Waals surface area contributed by atoms with Gasteiger partial charge in [0.25, 0.3) is 0 Å². The number of allylic oxidation sites excluding steroid dienone is 1. The predicted molar refractivity (Wildman–Crippen MR) is 93.7 cm³/mol. The second-order valence-corrected chi connectivity index (χ2v) is 8.00. The minimum atomic E-state index is -1.09. The van der Waals surface area contributed by atoms with Gasteiger partial charge in [-0.15, -0.1) is 5.10 Å². The molecule has 1 heterocycles. The summed E-state index contributed by atoms with van der Waals surface area (Å²) in [6, 6.07) is 0. The van der Waals surface area contributed by atoms with Crippen molar-refractivity contribution >= 4 is 23.6 Å². The molecule has 1 fully saturated rings. The van der Waals surface area contributed by atoms with Crippen LogP contribution >= 0.6 is 11.8 Å². The molecule has 1 saturated carbocycles. The fourth-order valence-electron chi connectivity index (χ4n) is 2.50. The molecule has 1 aromatic heterocycles. The van der Waals surface area contributed by atoms with Gasteiger partial charge in [-0.25, -0.2) is 9.48 Å². The Labute approximate surface area is 151 Å². The molecule has 0 spiro atoms. The Morgan fingerprint density at radius 1 is 1.40 bits per heavy atom. The molecule has 1 unspecified atom stereocenters. The van der Waals surface area contributed by atoms with Crippen LogP contribution in [0.25, 0.3) is 0 Å². The maximum Gasteiger partial charge on any atom is 0.352 e. The number of hydrogen-bond donors (Lipinski definition) is 2. The first-order valence-corrected chi connectivity index (χ1v) is 9.39. The lowest BCUT2D eigenvalue weighted by molar-refractivity contribution is -0.135. The average molecular weight is 367 g/mol. The number of aryl methyl sites for hydroxylation is 1. The third kappa shape index (κ3) is 5.84. The number of aromatic nitrogens is 4. The SMILES string of the molecule is Cn1nnnc1SCCCCCC=C(NC(=O)C1CC1(C)C)C(=O)O. The molecule has 1 aliphatic carbocycles. The lowest BCUT2D eigenvalue weighted by Gasteiger charge is -2.07. The molecule has 1 aliphatic rings. The number of carboxylic acid groups (broad SMARTS) is 1. The van der Waals surface area contributed by atoms with Crippen LogP contribution in [0.2, 0.25) is 0 Å². The topological polar surface area (TPSA) is 110 Å². The van der Waals surface area contributed by atoms with Crippen LogP contribution < -0.4 is 5.32 Å². The largest absolute Gasteiger partial charge is 0.477 e. The van der Waals surface area contributed by atoms with Crippen LogP contribution in [0.15, 0.2) is 16.9 Å². The summed E-state index contributed by atoms with van der Waals surface area (Å²) in [5, 5.41) is 23.8. The summed E-state index contributed by atoms with van der Waals surface area (Å²) in [7, 11) is 1.80. The van der Waals surface area contributed by atoms with Gasteiger partial charge in [0.1, 0.15) is 5.70 Å². The van der Waals surface area contributed by atoms with E-state index in [1.54, 1.807) is 29.6 Å². The van der Waals surface area contributed by atoms with Crippen LogP contribution in [0.1, 0.15) is 46.0 Å². The van der Waals surface area contributed by atoms with Crippen molar-refractivity contribution in [2.45, 2.75) is 51.1 Å². The predicted octanol–water partition coefficient (Wildman–Crippen LogP) is 1.99. The molecule has 138 valence electrons. The molecular formula is C16H25N5O3S. The zero-order valence-corrected chi connectivity index (χ0v) is 15.7. The van der Waals surface area contributed by atoms with E-state index in [2.05, 4.69) is 20.8 Å². The Morgan fingerprint density at radius 3 is 2.68 bits per heavy atom. The molecule has 0 aliphatic heterocycles. The summed E-state index contributed by atoms with van der Waals surface area (Å²) < 4.78 is 1.64. The van der Waals surface area contributed by atoms with E-state index in [9.17, 15) is 14.7 Å².